The number of aromatic nitrogens is 3. The number of carbonyl (C=O) groups is 1. The summed E-state index contributed by atoms with van der Waals surface area (Å²) in [6, 6.07) is 14.3. The molecule has 148 valence electrons. The Morgan fingerprint density at radius 1 is 1.17 bits per heavy atom. The molecule has 0 aliphatic rings. The number of nitrogens with one attached hydrogen (secondary N) is 3. The lowest BCUT2D eigenvalue weighted by Crippen LogP contribution is -2.30. The van der Waals surface area contributed by atoms with E-state index < -0.39 is 0 Å². The third-order valence-electron chi connectivity index (χ3n) is 5.17. The van der Waals surface area contributed by atoms with Crippen molar-refractivity contribution in [3.05, 3.63) is 77.6 Å². The Kier molecular flexibility index (Phi) is 5.16. The van der Waals surface area contributed by atoms with Crippen LogP contribution in [0.1, 0.15) is 36.5 Å². The van der Waals surface area contributed by atoms with Crippen LogP contribution in [0.15, 0.2) is 54.7 Å². The first kappa shape index (κ1) is 18.9. The Hall–Kier alpha value is -3.41. The lowest BCUT2D eigenvalue weighted by molar-refractivity contribution is -0.121. The van der Waals surface area contributed by atoms with Crippen molar-refractivity contribution in [1.29, 1.82) is 0 Å². The van der Waals surface area contributed by atoms with E-state index in [4.69, 9.17) is 0 Å². The summed E-state index contributed by atoms with van der Waals surface area (Å²) in [4.78, 5) is 23.7. The lowest BCUT2D eigenvalue weighted by Gasteiger charge is -2.15. The van der Waals surface area contributed by atoms with E-state index in [2.05, 4.69) is 20.3 Å². The van der Waals surface area contributed by atoms with Gasteiger partial charge in [-0.2, -0.15) is 0 Å². The van der Waals surface area contributed by atoms with Gasteiger partial charge in [-0.3, -0.25) is 4.79 Å². The number of carbonyl (C=O) groups excluding carboxylic acids is 1. The van der Waals surface area contributed by atoms with E-state index in [1.807, 2.05) is 44.2 Å². The summed E-state index contributed by atoms with van der Waals surface area (Å²) in [6.45, 7) is 3.90. The van der Waals surface area contributed by atoms with Gasteiger partial charge in [0.15, 0.2) is 0 Å². The van der Waals surface area contributed by atoms with Crippen molar-refractivity contribution in [2.45, 2.75) is 32.7 Å². The molecule has 2 heterocycles. The number of amides is 1. The number of rotatable bonds is 6. The molecule has 1 atom stereocenters. The molecular weight excluding hydrogens is 367 g/mol. The number of aryl methyl sites for hydroxylation is 1. The Labute approximate surface area is 168 Å². The van der Waals surface area contributed by atoms with Crippen LogP contribution >= 0.6 is 0 Å². The molecule has 0 saturated carbocycles. The van der Waals surface area contributed by atoms with Gasteiger partial charge in [-0.15, -0.1) is 0 Å². The molecule has 4 aromatic rings. The molecule has 0 radical (unpaired) electrons. The number of benzene rings is 2. The van der Waals surface area contributed by atoms with Crippen LogP contribution in [0.3, 0.4) is 0 Å². The second-order valence-corrected chi connectivity index (χ2v) is 7.17. The number of halogens is 1. The zero-order valence-corrected chi connectivity index (χ0v) is 16.4. The van der Waals surface area contributed by atoms with Crippen molar-refractivity contribution < 1.29 is 9.18 Å². The highest BCUT2D eigenvalue weighted by atomic mass is 19.1. The normalized spacial score (nSPS) is 12.2. The first-order chi connectivity index (χ1) is 14.0. The first-order valence-electron chi connectivity index (χ1n) is 9.71. The number of hydrogen-bond acceptors (Lipinski definition) is 2. The van der Waals surface area contributed by atoms with E-state index in [9.17, 15) is 9.18 Å². The van der Waals surface area contributed by atoms with Crippen molar-refractivity contribution in [1.82, 2.24) is 20.3 Å². The van der Waals surface area contributed by atoms with Crippen LogP contribution in [0.25, 0.3) is 22.2 Å². The summed E-state index contributed by atoms with van der Waals surface area (Å²) in [6.07, 6.45) is 2.67. The quantitative estimate of drug-likeness (QED) is 0.442. The predicted molar refractivity (Wildman–Crippen MR) is 112 cm³/mol. The summed E-state index contributed by atoms with van der Waals surface area (Å²) in [7, 11) is 0. The minimum atomic E-state index is -0.311. The maximum Gasteiger partial charge on any atom is 0.225 e. The zero-order valence-electron chi connectivity index (χ0n) is 16.4. The Balaban J connectivity index is 1.51. The zero-order chi connectivity index (χ0) is 20.4. The molecule has 5 nitrogen and oxygen atoms in total. The number of aromatic amines is 2. The molecule has 4 rings (SSSR count). The second kappa shape index (κ2) is 7.91. The average Bonchev–Trinajstić information content (AvgIpc) is 3.32. The Bertz CT molecular complexity index is 1150. The van der Waals surface area contributed by atoms with E-state index in [1.165, 1.54) is 12.1 Å². The van der Waals surface area contributed by atoms with E-state index in [0.717, 1.165) is 39.2 Å². The van der Waals surface area contributed by atoms with Crippen LogP contribution < -0.4 is 5.32 Å². The van der Waals surface area contributed by atoms with Gasteiger partial charge in [0.05, 0.1) is 24.4 Å². The van der Waals surface area contributed by atoms with Crippen LogP contribution in [-0.4, -0.2) is 20.9 Å². The number of imidazole rings is 1. The van der Waals surface area contributed by atoms with Gasteiger partial charge in [0, 0.05) is 16.6 Å². The van der Waals surface area contributed by atoms with Gasteiger partial charge < -0.3 is 15.3 Å². The second-order valence-electron chi connectivity index (χ2n) is 7.17. The van der Waals surface area contributed by atoms with Crippen molar-refractivity contribution in [3.63, 3.8) is 0 Å². The standard InChI is InChI=1S/C23H23FN4O/c1-3-19(23-25-13-21(28-23)15-7-5-4-6-8-15)27-22(29)12-17-14(2)26-20-10-9-16(24)11-18(17)20/h4-11,13,19,26H,3,12H2,1-2H3,(H,25,28)(H,27,29). The van der Waals surface area contributed by atoms with Crippen LogP contribution in [-0.2, 0) is 11.2 Å². The number of hydrogen-bond donors (Lipinski definition) is 3. The van der Waals surface area contributed by atoms with Crippen LogP contribution in [0.4, 0.5) is 4.39 Å². The van der Waals surface area contributed by atoms with Gasteiger partial charge >= 0.3 is 0 Å². The Morgan fingerprint density at radius 2 is 1.97 bits per heavy atom. The van der Waals surface area contributed by atoms with Gasteiger partial charge in [0.1, 0.15) is 11.6 Å². The third kappa shape index (κ3) is 3.92. The molecule has 0 spiro atoms. The van der Waals surface area contributed by atoms with Crippen molar-refractivity contribution in [2.75, 3.05) is 0 Å². The first-order valence-corrected chi connectivity index (χ1v) is 9.71. The molecule has 0 saturated heterocycles. The molecule has 0 aliphatic carbocycles. The monoisotopic (exact) mass is 390 g/mol. The molecule has 2 aromatic heterocycles. The van der Waals surface area contributed by atoms with E-state index in [-0.39, 0.29) is 24.2 Å². The minimum absolute atomic E-state index is 0.122. The highest BCUT2D eigenvalue weighted by Gasteiger charge is 2.19. The van der Waals surface area contributed by atoms with Gasteiger partial charge in [0.2, 0.25) is 5.91 Å². The van der Waals surface area contributed by atoms with Crippen LogP contribution in [0, 0.1) is 12.7 Å². The lowest BCUT2D eigenvalue weighted by atomic mass is 10.1. The van der Waals surface area contributed by atoms with Crippen LogP contribution in [0.2, 0.25) is 0 Å². The third-order valence-corrected chi connectivity index (χ3v) is 5.17. The van der Waals surface area contributed by atoms with Gasteiger partial charge in [0.25, 0.3) is 0 Å². The topological polar surface area (TPSA) is 73.6 Å². The smallest absolute Gasteiger partial charge is 0.225 e. The maximum absolute atomic E-state index is 13.7. The summed E-state index contributed by atoms with van der Waals surface area (Å²) >= 11 is 0. The van der Waals surface area contributed by atoms with E-state index in [0.29, 0.717) is 6.42 Å². The molecule has 0 aliphatic heterocycles. The molecule has 29 heavy (non-hydrogen) atoms. The molecular formula is C23H23FN4O. The van der Waals surface area contributed by atoms with E-state index in [1.54, 1.807) is 12.3 Å². The molecule has 1 unspecified atom stereocenters. The number of H-pyrrole nitrogens is 2. The molecule has 0 fully saturated rings. The molecule has 0 bridgehead atoms. The highest BCUT2D eigenvalue weighted by Crippen LogP contribution is 2.24. The average molecular weight is 390 g/mol. The summed E-state index contributed by atoms with van der Waals surface area (Å²) in [5.41, 5.74) is 4.48. The van der Waals surface area contributed by atoms with Crippen molar-refractivity contribution in [2.24, 2.45) is 0 Å². The predicted octanol–water partition coefficient (Wildman–Crippen LogP) is 4.82. The van der Waals surface area contributed by atoms with Crippen molar-refractivity contribution >= 4 is 16.8 Å². The summed E-state index contributed by atoms with van der Waals surface area (Å²) in [5, 5.41) is 3.80. The van der Waals surface area contributed by atoms with Gasteiger partial charge in [-0.1, -0.05) is 37.3 Å². The number of nitrogens with zero attached hydrogens (tertiary/aromatic N) is 1. The molecule has 6 heteroatoms. The fourth-order valence-electron chi connectivity index (χ4n) is 3.63. The summed E-state index contributed by atoms with van der Waals surface area (Å²) < 4.78 is 13.7. The fraction of sp³-hybridized carbons (Fsp3) is 0.217. The fourth-order valence-corrected chi connectivity index (χ4v) is 3.63. The van der Waals surface area contributed by atoms with Crippen molar-refractivity contribution in [3.8, 4) is 11.3 Å². The maximum atomic E-state index is 13.7. The molecule has 3 N–H and O–H groups in total. The molecule has 2 aromatic carbocycles. The largest absolute Gasteiger partial charge is 0.358 e. The minimum Gasteiger partial charge on any atom is -0.358 e. The Morgan fingerprint density at radius 3 is 2.72 bits per heavy atom. The number of fused-ring (bicyclic) bond motifs is 1. The van der Waals surface area contributed by atoms with E-state index >= 15 is 0 Å². The highest BCUT2D eigenvalue weighted by molar-refractivity contribution is 5.90. The summed E-state index contributed by atoms with van der Waals surface area (Å²) in [5.74, 6) is 0.290. The SMILES string of the molecule is CCC(NC(=O)Cc1c(C)[nH]c2ccc(F)cc12)c1ncc(-c2ccccc2)[nH]1. The van der Waals surface area contributed by atoms with Crippen LogP contribution in [0.5, 0.6) is 0 Å². The van der Waals surface area contributed by atoms with Gasteiger partial charge in [-0.05, 0) is 42.7 Å². The molecule has 1 amide bonds. The van der Waals surface area contributed by atoms with Gasteiger partial charge in [-0.25, -0.2) is 9.37 Å².